The number of ether oxygens (including phenoxy) is 1. The fourth-order valence-electron chi connectivity index (χ4n) is 3.60. The molecule has 0 aliphatic carbocycles. The molecule has 0 saturated carbocycles. The Morgan fingerprint density at radius 1 is 1.15 bits per heavy atom. The van der Waals surface area contributed by atoms with Crippen LogP contribution in [-0.4, -0.2) is 58.4 Å². The third kappa shape index (κ3) is 5.76. The molecule has 33 heavy (non-hydrogen) atoms. The second-order valence-electron chi connectivity index (χ2n) is 7.97. The Morgan fingerprint density at radius 3 is 2.61 bits per heavy atom. The van der Waals surface area contributed by atoms with Crippen molar-refractivity contribution in [2.45, 2.75) is 27.4 Å². The first-order valence-electron chi connectivity index (χ1n) is 11.0. The van der Waals surface area contributed by atoms with Crippen LogP contribution in [0.15, 0.2) is 36.5 Å². The van der Waals surface area contributed by atoms with E-state index >= 15 is 0 Å². The summed E-state index contributed by atoms with van der Waals surface area (Å²) in [6.07, 6.45) is 1.58. The average molecular weight is 485 g/mol. The van der Waals surface area contributed by atoms with Gasteiger partial charge in [0.1, 0.15) is 5.82 Å². The molecule has 0 atom stereocenters. The smallest absolute Gasteiger partial charge is 0.339 e. The van der Waals surface area contributed by atoms with Crippen LogP contribution < -0.4 is 10.2 Å². The number of nitrogens with one attached hydrogen (secondary N) is 1. The lowest BCUT2D eigenvalue weighted by Gasteiger charge is -2.35. The molecule has 1 aliphatic heterocycles. The monoisotopic (exact) mass is 484 g/mol. The number of nitrogens with zero attached hydrogens (tertiary/aromatic N) is 5. The third-order valence-electron chi connectivity index (χ3n) is 5.65. The van der Waals surface area contributed by atoms with Crippen LogP contribution in [0.25, 0.3) is 0 Å². The number of esters is 1. The molecule has 4 rings (SSSR count). The van der Waals surface area contributed by atoms with E-state index in [1.54, 1.807) is 19.2 Å². The van der Waals surface area contributed by atoms with Crippen molar-refractivity contribution in [1.82, 2.24) is 19.7 Å². The van der Waals surface area contributed by atoms with Crippen molar-refractivity contribution < 1.29 is 9.53 Å². The van der Waals surface area contributed by atoms with Gasteiger partial charge in [0, 0.05) is 38.1 Å². The van der Waals surface area contributed by atoms with Gasteiger partial charge in [-0.25, -0.2) is 14.5 Å². The molecule has 8 nitrogen and oxygen atoms in total. The molecule has 3 heterocycles. The number of benzene rings is 1. The van der Waals surface area contributed by atoms with Gasteiger partial charge in [0.05, 0.1) is 18.8 Å². The number of pyridine rings is 1. The summed E-state index contributed by atoms with van der Waals surface area (Å²) in [5.41, 5.74) is 4.00. The van der Waals surface area contributed by atoms with E-state index < -0.39 is 0 Å². The molecule has 0 bridgehead atoms. The minimum atomic E-state index is -0.340. The summed E-state index contributed by atoms with van der Waals surface area (Å²) < 4.78 is 7.65. The summed E-state index contributed by atoms with van der Waals surface area (Å²) in [4.78, 5) is 20.8. The minimum absolute atomic E-state index is 0.340. The molecule has 1 N–H and O–H groups in total. The second-order valence-corrected chi connectivity index (χ2v) is 9.59. The third-order valence-corrected chi connectivity index (χ3v) is 6.88. The molecule has 0 amide bonds. The highest BCUT2D eigenvalue weighted by atomic mass is 32.1. The zero-order valence-corrected chi connectivity index (χ0v) is 20.7. The highest BCUT2D eigenvalue weighted by molar-refractivity contribution is 7.73. The number of carbonyl (C=O) groups is 1. The molecule has 174 valence electrons. The Morgan fingerprint density at radius 2 is 1.94 bits per heavy atom. The molecule has 0 spiro atoms. The van der Waals surface area contributed by atoms with Gasteiger partial charge in [-0.2, -0.15) is 0 Å². The Hall–Kier alpha value is -2.82. The Kier molecular flexibility index (Phi) is 7.36. The van der Waals surface area contributed by atoms with E-state index in [2.05, 4.69) is 57.2 Å². The number of hydrogen-bond acceptors (Lipinski definition) is 9. The van der Waals surface area contributed by atoms with Crippen molar-refractivity contribution in [2.75, 3.05) is 43.0 Å². The maximum atomic E-state index is 11.8. The number of carbonyl (C=O) groups excluding carboxylic acids is 1. The van der Waals surface area contributed by atoms with E-state index in [1.807, 2.05) is 10.7 Å². The molecule has 1 saturated heterocycles. The lowest BCUT2D eigenvalue weighted by Crippen LogP contribution is -2.47. The first-order valence-corrected chi connectivity index (χ1v) is 12.2. The highest BCUT2D eigenvalue weighted by Gasteiger charge is 2.19. The van der Waals surface area contributed by atoms with Gasteiger partial charge < -0.3 is 15.0 Å². The second kappa shape index (κ2) is 10.4. The largest absolute Gasteiger partial charge is 0.462 e. The number of piperazine rings is 1. The highest BCUT2D eigenvalue weighted by Crippen LogP contribution is 2.23. The molecular formula is C23H28N6O2S2. The Balaban J connectivity index is 1.32. The van der Waals surface area contributed by atoms with E-state index in [4.69, 9.17) is 17.0 Å². The first kappa shape index (κ1) is 23.3. The predicted octanol–water partition coefficient (Wildman–Crippen LogP) is 4.39. The number of anilines is 3. The van der Waals surface area contributed by atoms with Gasteiger partial charge in [-0.3, -0.25) is 4.90 Å². The number of rotatable bonds is 7. The van der Waals surface area contributed by atoms with E-state index in [1.165, 1.54) is 22.5 Å². The number of aryl methyl sites for hydroxylation is 2. The topological polar surface area (TPSA) is 75.5 Å². The average Bonchev–Trinajstić information content (AvgIpc) is 3.15. The van der Waals surface area contributed by atoms with Crippen LogP contribution >= 0.6 is 23.6 Å². The molecular weight excluding hydrogens is 456 g/mol. The van der Waals surface area contributed by atoms with Crippen molar-refractivity contribution in [3.8, 4) is 0 Å². The summed E-state index contributed by atoms with van der Waals surface area (Å²) in [5, 5.41) is 8.85. The minimum Gasteiger partial charge on any atom is -0.462 e. The van der Waals surface area contributed by atoms with Gasteiger partial charge in [0.25, 0.3) is 0 Å². The summed E-state index contributed by atoms with van der Waals surface area (Å²) in [6, 6.07) is 9.93. The summed E-state index contributed by atoms with van der Waals surface area (Å²) in [5.74, 6) is 0.528. The summed E-state index contributed by atoms with van der Waals surface area (Å²) in [7, 11) is 0. The molecule has 0 unspecified atom stereocenters. The van der Waals surface area contributed by atoms with Crippen LogP contribution in [0.2, 0.25) is 0 Å². The van der Waals surface area contributed by atoms with Crippen LogP contribution in [0.5, 0.6) is 0 Å². The fraction of sp³-hybridized carbons (Fsp3) is 0.391. The van der Waals surface area contributed by atoms with Gasteiger partial charge >= 0.3 is 5.97 Å². The van der Waals surface area contributed by atoms with Gasteiger partial charge in [-0.1, -0.05) is 17.4 Å². The molecule has 10 heteroatoms. The molecule has 2 aromatic heterocycles. The molecule has 0 radical (unpaired) electrons. The normalized spacial score (nSPS) is 14.3. The lowest BCUT2D eigenvalue weighted by molar-refractivity contribution is 0.0526. The van der Waals surface area contributed by atoms with Gasteiger partial charge in [-0.05, 0) is 68.4 Å². The predicted molar refractivity (Wildman–Crippen MR) is 134 cm³/mol. The summed E-state index contributed by atoms with van der Waals surface area (Å²) in [6.45, 7) is 10.5. The SMILES string of the molecule is CCOC(=O)c1ccc(N2CCN(Cn3nc(Nc4ccc(C)c(C)c4)sc3=S)CC2)nc1. The van der Waals surface area contributed by atoms with Crippen molar-refractivity contribution in [2.24, 2.45) is 0 Å². The molecule has 1 aromatic carbocycles. The number of hydrogen-bond donors (Lipinski definition) is 1. The van der Waals surface area contributed by atoms with E-state index in [-0.39, 0.29) is 5.97 Å². The van der Waals surface area contributed by atoms with Crippen LogP contribution in [0, 0.1) is 17.8 Å². The standard InChI is InChI=1S/C23H28N6O2S2/c1-4-31-21(30)18-6-8-20(24-14-18)28-11-9-27(10-12-28)15-29-23(32)33-22(26-29)25-19-7-5-16(2)17(3)13-19/h5-8,13-14H,4,9-12,15H2,1-3H3,(H,25,26). The quantitative estimate of drug-likeness (QED) is 0.391. The van der Waals surface area contributed by atoms with E-state index in [9.17, 15) is 4.79 Å². The van der Waals surface area contributed by atoms with Crippen molar-refractivity contribution in [3.63, 3.8) is 0 Å². The maximum Gasteiger partial charge on any atom is 0.339 e. The fourth-order valence-corrected chi connectivity index (χ4v) is 4.62. The van der Waals surface area contributed by atoms with E-state index in [0.29, 0.717) is 18.8 Å². The van der Waals surface area contributed by atoms with Crippen LogP contribution in [0.4, 0.5) is 16.6 Å². The Labute approximate surface area is 202 Å². The van der Waals surface area contributed by atoms with Crippen LogP contribution in [-0.2, 0) is 11.4 Å². The Bertz CT molecular complexity index is 1170. The zero-order valence-electron chi connectivity index (χ0n) is 19.1. The van der Waals surface area contributed by atoms with Crippen LogP contribution in [0.1, 0.15) is 28.4 Å². The van der Waals surface area contributed by atoms with Gasteiger partial charge in [-0.15, -0.1) is 5.10 Å². The molecule has 1 aliphatic rings. The summed E-state index contributed by atoms with van der Waals surface area (Å²) >= 11 is 7.03. The molecule has 1 fully saturated rings. The maximum absolute atomic E-state index is 11.8. The van der Waals surface area contributed by atoms with E-state index in [0.717, 1.165) is 46.8 Å². The lowest BCUT2D eigenvalue weighted by atomic mass is 10.1. The number of aromatic nitrogens is 3. The van der Waals surface area contributed by atoms with Crippen molar-refractivity contribution in [3.05, 3.63) is 57.2 Å². The molecule has 3 aromatic rings. The van der Waals surface area contributed by atoms with Crippen LogP contribution in [0.3, 0.4) is 0 Å². The van der Waals surface area contributed by atoms with Crippen molar-refractivity contribution >= 4 is 46.2 Å². The van der Waals surface area contributed by atoms with Crippen molar-refractivity contribution in [1.29, 1.82) is 0 Å². The zero-order chi connectivity index (χ0) is 23.4. The first-order chi connectivity index (χ1) is 15.9. The van der Waals surface area contributed by atoms with Gasteiger partial charge in [0.2, 0.25) is 5.13 Å². The van der Waals surface area contributed by atoms with Gasteiger partial charge in [0.15, 0.2) is 3.95 Å².